The van der Waals surface area contributed by atoms with Crippen molar-refractivity contribution in [3.8, 4) is 0 Å². The Hall–Kier alpha value is -2.77. The molecule has 0 spiro atoms. The number of hydrogen-bond acceptors (Lipinski definition) is 10. The predicted molar refractivity (Wildman–Crippen MR) is 189 cm³/mol. The Labute approximate surface area is 298 Å². The molecule has 1 amide bonds. The zero-order valence-electron chi connectivity index (χ0n) is 31.3. The van der Waals surface area contributed by atoms with E-state index in [2.05, 4.69) is 11.8 Å². The van der Waals surface area contributed by atoms with Gasteiger partial charge in [0.2, 0.25) is 0 Å². The molecule has 0 aromatic rings. The average molecular weight is 707 g/mol. The lowest BCUT2D eigenvalue weighted by molar-refractivity contribution is -0.165. The molecule has 0 saturated carbocycles. The van der Waals surface area contributed by atoms with Crippen LogP contribution < -0.4 is 0 Å². The van der Waals surface area contributed by atoms with Crippen LogP contribution >= 0.6 is 0 Å². The average Bonchev–Trinajstić information content (AvgIpc) is 3.79. The maximum absolute atomic E-state index is 12.5. The van der Waals surface area contributed by atoms with E-state index in [1.54, 1.807) is 19.1 Å². The van der Waals surface area contributed by atoms with Crippen LogP contribution in [-0.4, -0.2) is 122 Å². The predicted octanol–water partition coefficient (Wildman–Crippen LogP) is 4.61. The van der Waals surface area contributed by atoms with Crippen molar-refractivity contribution in [3.63, 3.8) is 0 Å². The van der Waals surface area contributed by atoms with E-state index in [4.69, 9.17) is 14.2 Å². The Morgan fingerprint density at radius 2 is 1.92 bits per heavy atom. The minimum atomic E-state index is -1.16. The molecule has 0 aromatic carbocycles. The molecular formula is C38H62N2O10. The van der Waals surface area contributed by atoms with E-state index in [0.717, 1.165) is 5.57 Å². The number of hydrogen-bond donors (Lipinski definition) is 4. The molecule has 2 fully saturated rings. The SMILES string of the molecule is CCC(C1C=CCCOC(=O)C[C@H](O)CC[C@@]1(C)OC(C)=O)N1CCN(C(=O)O)[C@@H](/C(C)=C/C=C/C(C)(O)C[C@H]2O[C@@H]2[C@H](C)[C@@H](O)CC)[C@@H]1C. The van der Waals surface area contributed by atoms with E-state index in [0.29, 0.717) is 38.6 Å². The van der Waals surface area contributed by atoms with Crippen molar-refractivity contribution >= 4 is 18.0 Å². The highest BCUT2D eigenvalue weighted by Crippen LogP contribution is 2.39. The number of esters is 2. The maximum Gasteiger partial charge on any atom is 0.407 e. The van der Waals surface area contributed by atoms with Gasteiger partial charge in [-0.15, -0.1) is 0 Å². The Morgan fingerprint density at radius 1 is 1.22 bits per heavy atom. The molecule has 12 nitrogen and oxygen atoms in total. The number of aliphatic hydroxyl groups is 3. The Bertz CT molecular complexity index is 1250. The molecule has 11 atom stereocenters. The van der Waals surface area contributed by atoms with Gasteiger partial charge in [-0.2, -0.15) is 0 Å². The van der Waals surface area contributed by atoms with Crippen molar-refractivity contribution in [2.75, 3.05) is 19.7 Å². The lowest BCUT2D eigenvalue weighted by Gasteiger charge is -2.52. The zero-order chi connectivity index (χ0) is 37.4. The number of epoxide rings is 1. The summed E-state index contributed by atoms with van der Waals surface area (Å²) < 4.78 is 17.1. The Kier molecular flexibility index (Phi) is 15.1. The fraction of sp³-hybridized carbons (Fsp3) is 0.763. The molecule has 0 radical (unpaired) electrons. The summed E-state index contributed by atoms with van der Waals surface area (Å²) in [5.74, 6) is -1.24. The maximum atomic E-state index is 12.5. The normalized spacial score (nSPS) is 33.4. The van der Waals surface area contributed by atoms with Gasteiger partial charge >= 0.3 is 18.0 Å². The van der Waals surface area contributed by atoms with Gasteiger partial charge in [-0.3, -0.25) is 19.4 Å². The van der Waals surface area contributed by atoms with Crippen LogP contribution in [0.5, 0.6) is 0 Å². The number of allylic oxidation sites excluding steroid dienone is 2. The van der Waals surface area contributed by atoms with Crippen molar-refractivity contribution in [3.05, 3.63) is 36.0 Å². The molecule has 0 aliphatic carbocycles. The summed E-state index contributed by atoms with van der Waals surface area (Å²) in [5, 5.41) is 42.2. The van der Waals surface area contributed by atoms with Gasteiger partial charge in [-0.25, -0.2) is 4.79 Å². The van der Waals surface area contributed by atoms with Crippen molar-refractivity contribution in [2.45, 2.75) is 154 Å². The molecular weight excluding hydrogens is 644 g/mol. The number of aliphatic hydroxyl groups excluding tert-OH is 2. The highest BCUT2D eigenvalue weighted by molar-refractivity contribution is 5.70. The first-order valence-corrected chi connectivity index (χ1v) is 18.3. The first kappa shape index (κ1) is 41.6. The third kappa shape index (κ3) is 11.1. The number of carbonyl (C=O) groups excluding carboxylic acids is 2. The monoisotopic (exact) mass is 706 g/mol. The fourth-order valence-corrected chi connectivity index (χ4v) is 8.01. The highest BCUT2D eigenvalue weighted by Gasteiger charge is 2.48. The molecule has 2 saturated heterocycles. The molecule has 50 heavy (non-hydrogen) atoms. The molecule has 4 N–H and O–H groups in total. The van der Waals surface area contributed by atoms with E-state index in [9.17, 15) is 34.8 Å². The van der Waals surface area contributed by atoms with Gasteiger partial charge in [-0.1, -0.05) is 51.2 Å². The molecule has 3 aliphatic heterocycles. The summed E-state index contributed by atoms with van der Waals surface area (Å²) in [6, 6.07) is -0.908. The lowest BCUT2D eigenvalue weighted by Crippen LogP contribution is -2.64. The smallest absolute Gasteiger partial charge is 0.407 e. The van der Waals surface area contributed by atoms with Crippen LogP contribution in [0.15, 0.2) is 36.0 Å². The summed E-state index contributed by atoms with van der Waals surface area (Å²) in [6.45, 7) is 15.7. The second-order valence-corrected chi connectivity index (χ2v) is 14.9. The first-order valence-electron chi connectivity index (χ1n) is 18.3. The summed E-state index contributed by atoms with van der Waals surface area (Å²) >= 11 is 0. The number of cyclic esters (lactones) is 1. The van der Waals surface area contributed by atoms with E-state index < -0.39 is 47.5 Å². The number of piperazine rings is 1. The minimum absolute atomic E-state index is 0.0179. The van der Waals surface area contributed by atoms with Gasteiger partial charge < -0.3 is 34.6 Å². The van der Waals surface area contributed by atoms with Crippen LogP contribution in [-0.2, 0) is 23.8 Å². The van der Waals surface area contributed by atoms with Gasteiger partial charge in [0.1, 0.15) is 5.60 Å². The van der Waals surface area contributed by atoms with Gasteiger partial charge in [0.05, 0.1) is 49.1 Å². The third-order valence-electron chi connectivity index (χ3n) is 10.8. The number of nitrogens with zero attached hydrogens (tertiary/aromatic N) is 2. The van der Waals surface area contributed by atoms with Crippen LogP contribution in [0, 0.1) is 11.8 Å². The van der Waals surface area contributed by atoms with E-state index in [1.807, 2.05) is 52.8 Å². The molecule has 0 aromatic heterocycles. The van der Waals surface area contributed by atoms with Crippen LogP contribution in [0.2, 0.25) is 0 Å². The van der Waals surface area contributed by atoms with Gasteiger partial charge in [-0.05, 0) is 65.4 Å². The van der Waals surface area contributed by atoms with Crippen molar-refractivity contribution in [2.24, 2.45) is 11.8 Å². The van der Waals surface area contributed by atoms with Gasteiger partial charge in [0, 0.05) is 50.4 Å². The number of carboxylic acid groups (broad SMARTS) is 1. The molecule has 12 heteroatoms. The fourth-order valence-electron chi connectivity index (χ4n) is 8.01. The summed E-state index contributed by atoms with van der Waals surface area (Å²) in [5.41, 5.74) is -1.36. The van der Waals surface area contributed by atoms with Gasteiger partial charge in [0.25, 0.3) is 0 Å². The lowest BCUT2D eigenvalue weighted by atomic mass is 9.76. The van der Waals surface area contributed by atoms with Crippen LogP contribution in [0.3, 0.4) is 0 Å². The highest BCUT2D eigenvalue weighted by atomic mass is 16.6. The number of carbonyl (C=O) groups is 3. The van der Waals surface area contributed by atoms with Crippen molar-refractivity contribution in [1.82, 2.24) is 9.80 Å². The van der Waals surface area contributed by atoms with Crippen molar-refractivity contribution in [1.29, 1.82) is 0 Å². The zero-order valence-corrected chi connectivity index (χ0v) is 31.3. The third-order valence-corrected chi connectivity index (χ3v) is 10.8. The molecule has 3 unspecified atom stereocenters. The molecule has 3 heterocycles. The second-order valence-electron chi connectivity index (χ2n) is 14.9. The largest absolute Gasteiger partial charge is 0.465 e. The number of ether oxygens (including phenoxy) is 3. The number of rotatable bonds is 12. The first-order chi connectivity index (χ1) is 23.4. The van der Waals surface area contributed by atoms with Crippen LogP contribution in [0.1, 0.15) is 100 Å². The van der Waals surface area contributed by atoms with E-state index >= 15 is 0 Å². The van der Waals surface area contributed by atoms with Crippen LogP contribution in [0.25, 0.3) is 0 Å². The summed E-state index contributed by atoms with van der Waals surface area (Å²) in [7, 11) is 0. The molecule has 3 aliphatic rings. The van der Waals surface area contributed by atoms with E-state index in [-0.39, 0.29) is 62.1 Å². The standard InChI is InChI=1S/C38H62N2O10/c1-9-30(29-15-11-12-21-48-33(44)22-28(42)16-18-38(29,8)50-27(6)41)39-19-20-40(36(45)46)34(26(39)5)24(3)14-13-17-37(7,47)23-32-35(49-32)25(4)31(43)10-2/h11,13-15,17,25-26,28-32,34-35,42-43,47H,9-10,12,16,18-23H2,1-8H3,(H,45,46)/b15-11?,17-13+,24-14+/t25-,26+,28-,29?,30?,31+,32-,34+,35-,37?,38-/m1/s1. The summed E-state index contributed by atoms with van der Waals surface area (Å²) in [6.07, 6.45) is 9.22. The minimum Gasteiger partial charge on any atom is -0.465 e. The Morgan fingerprint density at radius 3 is 2.54 bits per heavy atom. The molecule has 284 valence electrons. The topological polar surface area (TPSA) is 170 Å². The molecule has 0 bridgehead atoms. The molecule has 3 rings (SSSR count). The van der Waals surface area contributed by atoms with Crippen LogP contribution in [0.4, 0.5) is 4.79 Å². The second kappa shape index (κ2) is 18.1. The quantitative estimate of drug-likeness (QED) is 0.0968. The number of amides is 1. The Balaban J connectivity index is 1.88. The van der Waals surface area contributed by atoms with Gasteiger partial charge in [0.15, 0.2) is 0 Å². The van der Waals surface area contributed by atoms with Crippen molar-refractivity contribution < 1.29 is 49.0 Å². The van der Waals surface area contributed by atoms with E-state index in [1.165, 1.54) is 11.8 Å². The summed E-state index contributed by atoms with van der Waals surface area (Å²) in [4.78, 5) is 40.9.